The molecule has 0 saturated carbocycles. The van der Waals surface area contributed by atoms with Crippen molar-refractivity contribution >= 4 is 28.8 Å². The first kappa shape index (κ1) is 14.2. The molecule has 3 rings (SSSR count). The molecule has 0 amide bonds. The number of thiazole rings is 1. The predicted octanol–water partition coefficient (Wildman–Crippen LogP) is 4.74. The molecule has 0 aliphatic rings. The molecule has 0 N–H and O–H groups in total. The Hall–Kier alpha value is -2.72. The van der Waals surface area contributed by atoms with Gasteiger partial charge in [-0.15, -0.1) is 11.3 Å². The van der Waals surface area contributed by atoms with Gasteiger partial charge in [-0.1, -0.05) is 49.0 Å². The summed E-state index contributed by atoms with van der Waals surface area (Å²) < 4.78 is 0.830. The van der Waals surface area contributed by atoms with Crippen LogP contribution in [0.5, 0.6) is 0 Å². The molecule has 0 atom stereocenters. The Morgan fingerprint density at radius 3 is 2.45 bits per heavy atom. The summed E-state index contributed by atoms with van der Waals surface area (Å²) in [4.78, 5) is 4.28. The molecular formula is C18H14N2OS. The standard InChI is InChI=1S/C18H14N2OS/c1-14(13-20(21)17-5-3-2-4-6-17)15-7-9-16(10-8-15)18-19-11-12-22-18/h2-13H,1H2. The van der Waals surface area contributed by atoms with Crippen molar-refractivity contribution in [3.8, 4) is 10.6 Å². The molecule has 0 saturated heterocycles. The summed E-state index contributed by atoms with van der Waals surface area (Å²) >= 11 is 1.60. The van der Waals surface area contributed by atoms with E-state index in [-0.39, 0.29) is 0 Å². The van der Waals surface area contributed by atoms with Crippen molar-refractivity contribution in [1.82, 2.24) is 4.98 Å². The summed E-state index contributed by atoms with van der Waals surface area (Å²) in [6.45, 7) is 3.97. The van der Waals surface area contributed by atoms with Crippen LogP contribution in [0.15, 0.2) is 72.8 Å². The number of para-hydroxylation sites is 1. The van der Waals surface area contributed by atoms with Gasteiger partial charge in [-0.05, 0) is 5.56 Å². The number of aromatic nitrogens is 1. The molecule has 0 fully saturated rings. The van der Waals surface area contributed by atoms with E-state index in [2.05, 4.69) is 11.6 Å². The molecule has 0 radical (unpaired) electrons. The van der Waals surface area contributed by atoms with Gasteiger partial charge in [0.25, 0.3) is 0 Å². The third kappa shape index (κ3) is 3.13. The van der Waals surface area contributed by atoms with E-state index in [1.807, 2.05) is 47.8 Å². The zero-order valence-electron chi connectivity index (χ0n) is 11.8. The van der Waals surface area contributed by atoms with E-state index in [1.54, 1.807) is 29.7 Å². The molecule has 1 aromatic heterocycles. The minimum atomic E-state index is 0.586. The van der Waals surface area contributed by atoms with Crippen molar-refractivity contribution in [1.29, 1.82) is 0 Å². The normalized spacial score (nSPS) is 11.4. The van der Waals surface area contributed by atoms with E-state index in [1.165, 1.54) is 6.21 Å². The Balaban J connectivity index is 1.81. The lowest BCUT2D eigenvalue weighted by molar-refractivity contribution is -0.353. The van der Waals surface area contributed by atoms with Gasteiger partial charge in [0, 0.05) is 34.8 Å². The van der Waals surface area contributed by atoms with E-state index in [4.69, 9.17) is 0 Å². The largest absolute Gasteiger partial charge is 0.618 e. The maximum absolute atomic E-state index is 12.1. The van der Waals surface area contributed by atoms with Crippen LogP contribution in [0.1, 0.15) is 5.56 Å². The fraction of sp³-hybridized carbons (Fsp3) is 0. The second-order valence-corrected chi connectivity index (χ2v) is 5.62. The van der Waals surface area contributed by atoms with Crippen molar-refractivity contribution in [3.63, 3.8) is 0 Å². The van der Waals surface area contributed by atoms with Gasteiger partial charge in [0.2, 0.25) is 5.69 Å². The van der Waals surface area contributed by atoms with Crippen molar-refractivity contribution in [2.24, 2.45) is 0 Å². The zero-order valence-corrected chi connectivity index (χ0v) is 12.7. The van der Waals surface area contributed by atoms with Gasteiger partial charge in [-0.3, -0.25) is 0 Å². The Bertz CT molecular complexity index is 791. The second-order valence-electron chi connectivity index (χ2n) is 4.73. The summed E-state index contributed by atoms with van der Waals surface area (Å²) in [6.07, 6.45) is 3.28. The highest BCUT2D eigenvalue weighted by Crippen LogP contribution is 2.23. The van der Waals surface area contributed by atoms with Gasteiger partial charge >= 0.3 is 0 Å². The highest BCUT2D eigenvalue weighted by molar-refractivity contribution is 7.13. The quantitative estimate of drug-likeness (QED) is 0.302. The lowest BCUT2D eigenvalue weighted by Crippen LogP contribution is -1.98. The SMILES string of the molecule is C=C(C=[N+]([O-])c1ccccc1)c1ccc(-c2nccs2)cc1. The summed E-state index contributed by atoms with van der Waals surface area (Å²) in [7, 11) is 0. The Kier molecular flexibility index (Phi) is 4.12. The molecule has 3 aromatic rings. The van der Waals surface area contributed by atoms with E-state index in [0.29, 0.717) is 11.3 Å². The lowest BCUT2D eigenvalue weighted by atomic mass is 10.1. The van der Waals surface area contributed by atoms with E-state index in [9.17, 15) is 5.21 Å². The summed E-state index contributed by atoms with van der Waals surface area (Å²) in [6, 6.07) is 17.0. The summed E-state index contributed by atoms with van der Waals surface area (Å²) in [5.41, 5.74) is 3.23. The average molecular weight is 306 g/mol. The highest BCUT2D eigenvalue weighted by atomic mass is 32.1. The maximum atomic E-state index is 12.1. The molecule has 0 bridgehead atoms. The van der Waals surface area contributed by atoms with Crippen molar-refractivity contribution in [3.05, 3.63) is 83.5 Å². The maximum Gasteiger partial charge on any atom is 0.216 e. The molecular weight excluding hydrogens is 292 g/mol. The molecule has 22 heavy (non-hydrogen) atoms. The molecule has 3 nitrogen and oxygen atoms in total. The van der Waals surface area contributed by atoms with Gasteiger partial charge in [-0.25, -0.2) is 4.98 Å². The van der Waals surface area contributed by atoms with Crippen LogP contribution in [0.3, 0.4) is 0 Å². The number of nitrogens with zero attached hydrogens (tertiary/aromatic N) is 2. The second kappa shape index (κ2) is 6.37. The minimum Gasteiger partial charge on any atom is -0.618 e. The molecule has 4 heteroatoms. The predicted molar refractivity (Wildman–Crippen MR) is 92.4 cm³/mol. The Morgan fingerprint density at radius 2 is 1.82 bits per heavy atom. The first-order valence-electron chi connectivity index (χ1n) is 6.79. The van der Waals surface area contributed by atoms with E-state index in [0.717, 1.165) is 20.9 Å². The van der Waals surface area contributed by atoms with Crippen LogP contribution in [0.25, 0.3) is 16.1 Å². The van der Waals surface area contributed by atoms with Crippen LogP contribution in [-0.4, -0.2) is 15.9 Å². The van der Waals surface area contributed by atoms with Gasteiger partial charge in [0.15, 0.2) is 6.21 Å². The monoisotopic (exact) mass is 306 g/mol. The van der Waals surface area contributed by atoms with Crippen molar-refractivity contribution < 1.29 is 4.74 Å². The first-order valence-corrected chi connectivity index (χ1v) is 7.67. The Morgan fingerprint density at radius 1 is 1.09 bits per heavy atom. The number of hydrogen-bond acceptors (Lipinski definition) is 3. The van der Waals surface area contributed by atoms with Crippen LogP contribution >= 0.6 is 11.3 Å². The molecule has 0 unspecified atom stereocenters. The van der Waals surface area contributed by atoms with Crippen LogP contribution < -0.4 is 0 Å². The third-order valence-electron chi connectivity index (χ3n) is 3.22. The average Bonchev–Trinajstić information content (AvgIpc) is 3.10. The number of benzene rings is 2. The number of rotatable bonds is 4. The lowest BCUT2D eigenvalue weighted by Gasteiger charge is -2.05. The third-order valence-corrected chi connectivity index (χ3v) is 4.04. The van der Waals surface area contributed by atoms with Gasteiger partial charge in [0.1, 0.15) is 5.01 Å². The summed E-state index contributed by atoms with van der Waals surface area (Å²) in [5, 5.41) is 15.0. The van der Waals surface area contributed by atoms with Gasteiger partial charge < -0.3 is 5.21 Å². The smallest absolute Gasteiger partial charge is 0.216 e. The first-order chi connectivity index (χ1) is 10.7. The molecule has 1 heterocycles. The van der Waals surface area contributed by atoms with E-state index >= 15 is 0 Å². The van der Waals surface area contributed by atoms with Crippen molar-refractivity contribution in [2.75, 3.05) is 0 Å². The van der Waals surface area contributed by atoms with E-state index < -0.39 is 0 Å². The number of hydrogen-bond donors (Lipinski definition) is 0. The van der Waals surface area contributed by atoms with Gasteiger partial charge in [0.05, 0.1) is 0 Å². The van der Waals surface area contributed by atoms with Crippen molar-refractivity contribution in [2.45, 2.75) is 0 Å². The minimum absolute atomic E-state index is 0.586. The van der Waals surface area contributed by atoms with Crippen LogP contribution in [0.4, 0.5) is 5.69 Å². The van der Waals surface area contributed by atoms with Gasteiger partial charge in [-0.2, -0.15) is 4.74 Å². The summed E-state index contributed by atoms with van der Waals surface area (Å²) in [5.74, 6) is 0. The molecule has 0 aliphatic carbocycles. The highest BCUT2D eigenvalue weighted by Gasteiger charge is 2.05. The molecule has 0 spiro atoms. The topological polar surface area (TPSA) is 39.0 Å². The molecule has 0 aliphatic heterocycles. The fourth-order valence-corrected chi connectivity index (χ4v) is 2.70. The van der Waals surface area contributed by atoms with Crippen LogP contribution in [0, 0.1) is 5.21 Å². The zero-order chi connectivity index (χ0) is 15.4. The number of allylic oxidation sites excluding steroid dienone is 1. The Labute approximate surface area is 133 Å². The van der Waals surface area contributed by atoms with Crippen LogP contribution in [-0.2, 0) is 0 Å². The van der Waals surface area contributed by atoms with Crippen LogP contribution in [0.2, 0.25) is 0 Å². The molecule has 108 valence electrons. The molecule has 2 aromatic carbocycles. The fourth-order valence-electron chi connectivity index (χ4n) is 2.06.